The molecule has 0 fully saturated rings. The van der Waals surface area contributed by atoms with Crippen molar-refractivity contribution in [2.24, 2.45) is 11.1 Å². The first-order valence-corrected chi connectivity index (χ1v) is 5.91. The minimum absolute atomic E-state index is 0.131. The minimum atomic E-state index is -0.319. The molecule has 0 aromatic carbocycles. The van der Waals surface area contributed by atoms with Crippen molar-refractivity contribution in [3.8, 4) is 0 Å². The molecule has 0 aliphatic rings. The number of nitrogens with two attached hydrogens (primary N) is 1. The fourth-order valence-corrected chi connectivity index (χ4v) is 1.29. The molecule has 0 heterocycles. The topological polar surface area (TPSA) is 46.2 Å². The molecule has 0 saturated carbocycles. The first-order valence-electron chi connectivity index (χ1n) is 4.68. The van der Waals surface area contributed by atoms with Gasteiger partial charge in [0.05, 0.1) is 6.10 Å². The van der Waals surface area contributed by atoms with Crippen LogP contribution >= 0.6 is 11.8 Å². The molecule has 0 amide bonds. The highest BCUT2D eigenvalue weighted by molar-refractivity contribution is 7.99. The highest BCUT2D eigenvalue weighted by Crippen LogP contribution is 2.32. The molecule has 0 aromatic rings. The lowest BCUT2D eigenvalue weighted by Crippen LogP contribution is -2.40. The molecule has 1 unspecified atom stereocenters. The van der Waals surface area contributed by atoms with Crippen molar-refractivity contribution in [1.82, 2.24) is 0 Å². The molecule has 0 aliphatic carbocycles. The molecule has 3 N–H and O–H groups in total. The van der Waals surface area contributed by atoms with Gasteiger partial charge in [0.2, 0.25) is 0 Å². The van der Waals surface area contributed by atoms with Gasteiger partial charge in [-0.05, 0) is 19.2 Å². The average Bonchev–Trinajstić information content (AvgIpc) is 2.04. The van der Waals surface area contributed by atoms with Crippen molar-refractivity contribution in [3.05, 3.63) is 0 Å². The molecule has 0 radical (unpaired) electrons. The number of thioether (sulfide) groups is 1. The van der Waals surface area contributed by atoms with Gasteiger partial charge in [0.25, 0.3) is 0 Å². The van der Waals surface area contributed by atoms with E-state index in [1.54, 1.807) is 11.8 Å². The van der Waals surface area contributed by atoms with Crippen LogP contribution in [0.5, 0.6) is 0 Å². The van der Waals surface area contributed by atoms with Crippen LogP contribution in [0.4, 0.5) is 0 Å². The Morgan fingerprint density at radius 1 is 1.31 bits per heavy atom. The van der Waals surface area contributed by atoms with Gasteiger partial charge in [-0.3, -0.25) is 0 Å². The highest BCUT2D eigenvalue weighted by atomic mass is 32.2. The fraction of sp³-hybridized carbons (Fsp3) is 1.00. The summed E-state index contributed by atoms with van der Waals surface area (Å²) in [6.45, 7) is 8.84. The van der Waals surface area contributed by atoms with Crippen LogP contribution in [-0.2, 0) is 0 Å². The summed E-state index contributed by atoms with van der Waals surface area (Å²) in [7, 11) is 0. The first kappa shape index (κ1) is 13.3. The summed E-state index contributed by atoms with van der Waals surface area (Å²) in [6, 6.07) is 0. The van der Waals surface area contributed by atoms with E-state index >= 15 is 0 Å². The van der Waals surface area contributed by atoms with Crippen LogP contribution in [0.15, 0.2) is 0 Å². The van der Waals surface area contributed by atoms with Gasteiger partial charge in [0.15, 0.2) is 0 Å². The van der Waals surface area contributed by atoms with Crippen molar-refractivity contribution in [1.29, 1.82) is 0 Å². The number of hydrogen-bond donors (Lipinski definition) is 2. The maximum absolute atomic E-state index is 9.95. The van der Waals surface area contributed by atoms with Crippen LogP contribution in [0.1, 0.15) is 34.1 Å². The molecule has 0 rings (SSSR count). The number of hydrogen-bond acceptors (Lipinski definition) is 3. The fourth-order valence-electron chi connectivity index (χ4n) is 0.961. The Labute approximate surface area is 86.3 Å². The van der Waals surface area contributed by atoms with Crippen LogP contribution in [0.25, 0.3) is 0 Å². The summed E-state index contributed by atoms with van der Waals surface area (Å²) in [4.78, 5) is 0. The summed E-state index contributed by atoms with van der Waals surface area (Å²) in [5.74, 6) is 0. The Morgan fingerprint density at radius 3 is 2.08 bits per heavy atom. The molecule has 0 aromatic heterocycles. The first-order chi connectivity index (χ1) is 5.75. The van der Waals surface area contributed by atoms with Crippen molar-refractivity contribution >= 4 is 11.8 Å². The van der Waals surface area contributed by atoms with Crippen LogP contribution < -0.4 is 5.73 Å². The van der Waals surface area contributed by atoms with Gasteiger partial charge in [-0.1, -0.05) is 27.7 Å². The van der Waals surface area contributed by atoms with Crippen LogP contribution in [0, 0.1) is 5.41 Å². The van der Waals surface area contributed by atoms with Crippen molar-refractivity contribution in [2.45, 2.75) is 45.0 Å². The molecule has 0 saturated heterocycles. The second-order valence-electron chi connectivity index (χ2n) is 4.88. The molecule has 2 nitrogen and oxygen atoms in total. The Balaban J connectivity index is 4.22. The summed E-state index contributed by atoms with van der Waals surface area (Å²) in [6.07, 6.45) is 2.54. The number of rotatable bonds is 5. The standard InChI is InChI=1S/C10H23NOS/c1-9(2,7-11)8(12)6-10(3,4)13-5/h8,12H,6-7,11H2,1-5H3. The third-order valence-corrected chi connectivity index (χ3v) is 3.94. The van der Waals surface area contributed by atoms with Crippen molar-refractivity contribution < 1.29 is 5.11 Å². The quantitative estimate of drug-likeness (QED) is 0.720. The molecule has 3 heteroatoms. The van der Waals surface area contributed by atoms with E-state index < -0.39 is 0 Å². The molecular weight excluding hydrogens is 182 g/mol. The van der Waals surface area contributed by atoms with Gasteiger partial charge in [-0.25, -0.2) is 0 Å². The summed E-state index contributed by atoms with van der Waals surface area (Å²) >= 11 is 1.78. The largest absolute Gasteiger partial charge is 0.392 e. The zero-order valence-electron chi connectivity index (χ0n) is 9.42. The van der Waals surface area contributed by atoms with Crippen molar-refractivity contribution in [2.75, 3.05) is 12.8 Å². The normalized spacial score (nSPS) is 15.9. The van der Waals surface area contributed by atoms with E-state index in [1.165, 1.54) is 0 Å². The predicted octanol–water partition coefficient (Wildman–Crippen LogP) is 1.86. The lowest BCUT2D eigenvalue weighted by molar-refractivity contribution is 0.0428. The van der Waals surface area contributed by atoms with Gasteiger partial charge >= 0.3 is 0 Å². The predicted molar refractivity (Wildman–Crippen MR) is 61.1 cm³/mol. The van der Waals surface area contributed by atoms with Crippen molar-refractivity contribution in [3.63, 3.8) is 0 Å². The maximum Gasteiger partial charge on any atom is 0.0616 e. The van der Waals surface area contributed by atoms with Crippen LogP contribution in [0.3, 0.4) is 0 Å². The van der Waals surface area contributed by atoms with Gasteiger partial charge in [0.1, 0.15) is 0 Å². The molecule has 0 spiro atoms. The second kappa shape index (κ2) is 4.67. The van der Waals surface area contributed by atoms with Gasteiger partial charge in [-0.2, -0.15) is 11.8 Å². The van der Waals surface area contributed by atoms with E-state index in [0.717, 1.165) is 6.42 Å². The summed E-state index contributed by atoms with van der Waals surface area (Å²) in [5, 5.41) is 9.95. The van der Waals surface area contributed by atoms with E-state index in [-0.39, 0.29) is 16.3 Å². The summed E-state index contributed by atoms with van der Waals surface area (Å²) in [5.41, 5.74) is 5.43. The molecule has 13 heavy (non-hydrogen) atoms. The zero-order valence-corrected chi connectivity index (χ0v) is 10.2. The third kappa shape index (κ3) is 4.34. The van der Waals surface area contributed by atoms with Gasteiger partial charge in [-0.15, -0.1) is 0 Å². The molecule has 0 aliphatic heterocycles. The Morgan fingerprint density at radius 2 is 1.77 bits per heavy atom. The second-order valence-corrected chi connectivity index (χ2v) is 6.39. The minimum Gasteiger partial charge on any atom is -0.392 e. The van der Waals surface area contributed by atoms with Crippen LogP contribution in [0.2, 0.25) is 0 Å². The third-order valence-electron chi connectivity index (χ3n) is 2.67. The molecule has 1 atom stereocenters. The molecular formula is C10H23NOS. The smallest absolute Gasteiger partial charge is 0.0616 e. The Bertz CT molecular complexity index is 157. The SMILES string of the molecule is CSC(C)(C)CC(O)C(C)(C)CN. The number of aliphatic hydroxyl groups is 1. The Hall–Kier alpha value is 0.270. The van der Waals surface area contributed by atoms with E-state index in [0.29, 0.717) is 6.54 Å². The zero-order chi connectivity index (χ0) is 10.7. The molecule has 80 valence electrons. The number of aliphatic hydroxyl groups excluding tert-OH is 1. The average molecular weight is 205 g/mol. The van der Waals surface area contributed by atoms with E-state index in [4.69, 9.17) is 5.73 Å². The monoisotopic (exact) mass is 205 g/mol. The Kier molecular flexibility index (Phi) is 4.77. The van der Waals surface area contributed by atoms with Gasteiger partial charge < -0.3 is 10.8 Å². The lowest BCUT2D eigenvalue weighted by atomic mass is 9.82. The molecule has 0 bridgehead atoms. The van der Waals surface area contributed by atoms with E-state index in [1.807, 2.05) is 13.8 Å². The van der Waals surface area contributed by atoms with E-state index in [9.17, 15) is 5.11 Å². The van der Waals surface area contributed by atoms with Gasteiger partial charge in [0, 0.05) is 10.2 Å². The van der Waals surface area contributed by atoms with Crippen LogP contribution in [-0.4, -0.2) is 28.8 Å². The highest BCUT2D eigenvalue weighted by Gasteiger charge is 2.31. The maximum atomic E-state index is 9.95. The summed E-state index contributed by atoms with van der Waals surface area (Å²) < 4.78 is 0.131. The lowest BCUT2D eigenvalue weighted by Gasteiger charge is -2.34. The van der Waals surface area contributed by atoms with E-state index in [2.05, 4.69) is 20.1 Å².